The van der Waals surface area contributed by atoms with E-state index in [0.717, 1.165) is 25.6 Å². The van der Waals surface area contributed by atoms with Crippen LogP contribution in [0.1, 0.15) is 51.9 Å². The van der Waals surface area contributed by atoms with Gasteiger partial charge >= 0.3 is 0 Å². The summed E-state index contributed by atoms with van der Waals surface area (Å²) in [5, 5.41) is 0. The van der Waals surface area contributed by atoms with Gasteiger partial charge in [-0.3, -0.25) is 0 Å². The summed E-state index contributed by atoms with van der Waals surface area (Å²) in [7, 11) is 0. The van der Waals surface area contributed by atoms with E-state index in [1.165, 1.54) is 38.5 Å². The molecular weight excluding hydrogens is 148 g/mol. The van der Waals surface area contributed by atoms with Crippen LogP contribution in [0, 0.1) is 5.92 Å². The van der Waals surface area contributed by atoms with Gasteiger partial charge in [-0.25, -0.2) is 0 Å². The van der Waals surface area contributed by atoms with Crippen LogP contribution >= 0.6 is 0 Å². The lowest BCUT2D eigenvalue weighted by Gasteiger charge is -2.07. The largest absolute Gasteiger partial charge is 0.381 e. The van der Waals surface area contributed by atoms with Gasteiger partial charge < -0.3 is 4.74 Å². The predicted molar refractivity (Wildman–Crippen MR) is 52.3 cm³/mol. The summed E-state index contributed by atoms with van der Waals surface area (Å²) >= 11 is 0. The first-order valence-electron chi connectivity index (χ1n) is 5.51. The molecule has 0 bridgehead atoms. The molecule has 1 fully saturated rings. The molecule has 0 spiro atoms. The van der Waals surface area contributed by atoms with Crippen molar-refractivity contribution in [3.05, 3.63) is 0 Å². The Morgan fingerprint density at radius 3 is 2.58 bits per heavy atom. The highest BCUT2D eigenvalue weighted by Gasteiger charge is 2.13. The van der Waals surface area contributed by atoms with Gasteiger partial charge in [-0.1, -0.05) is 32.6 Å². The molecule has 0 radical (unpaired) electrons. The van der Waals surface area contributed by atoms with E-state index in [4.69, 9.17) is 4.74 Å². The Bertz CT molecular complexity index is 95.2. The molecule has 0 N–H and O–H groups in total. The molecule has 0 aromatic rings. The summed E-state index contributed by atoms with van der Waals surface area (Å²) in [6.45, 7) is 4.10. The van der Waals surface area contributed by atoms with Gasteiger partial charge in [-0.15, -0.1) is 0 Å². The molecule has 1 aliphatic rings. The summed E-state index contributed by atoms with van der Waals surface area (Å²) in [6.07, 6.45) is 9.75. The first-order valence-corrected chi connectivity index (χ1v) is 5.51. The lowest BCUT2D eigenvalue weighted by atomic mass is 10.0. The minimum Gasteiger partial charge on any atom is -0.381 e. The summed E-state index contributed by atoms with van der Waals surface area (Å²) in [5.74, 6) is 1.04. The Morgan fingerprint density at radius 2 is 1.92 bits per heavy atom. The van der Waals surface area contributed by atoms with Gasteiger partial charge in [0.1, 0.15) is 0 Å². The molecule has 0 heterocycles. The molecule has 1 rings (SSSR count). The fourth-order valence-corrected chi connectivity index (χ4v) is 2.02. The SMILES string of the molecule is CCCOCCCC1CCCC1. The van der Waals surface area contributed by atoms with E-state index in [1.807, 2.05) is 0 Å². The molecule has 0 saturated heterocycles. The van der Waals surface area contributed by atoms with Crippen molar-refractivity contribution in [3.8, 4) is 0 Å². The van der Waals surface area contributed by atoms with E-state index in [1.54, 1.807) is 0 Å². The van der Waals surface area contributed by atoms with Crippen LogP contribution in [0.3, 0.4) is 0 Å². The second-order valence-corrected chi connectivity index (χ2v) is 3.91. The van der Waals surface area contributed by atoms with Gasteiger partial charge in [0.2, 0.25) is 0 Å². The normalized spacial score (nSPS) is 18.8. The van der Waals surface area contributed by atoms with Crippen molar-refractivity contribution in [2.45, 2.75) is 51.9 Å². The van der Waals surface area contributed by atoms with Crippen LogP contribution in [0.4, 0.5) is 0 Å². The number of hydrogen-bond donors (Lipinski definition) is 0. The topological polar surface area (TPSA) is 9.23 Å². The zero-order valence-electron chi connectivity index (χ0n) is 8.35. The van der Waals surface area contributed by atoms with Crippen LogP contribution in [-0.4, -0.2) is 13.2 Å². The number of hydrogen-bond acceptors (Lipinski definition) is 1. The van der Waals surface area contributed by atoms with Crippen LogP contribution in [0.2, 0.25) is 0 Å². The highest BCUT2D eigenvalue weighted by Crippen LogP contribution is 2.28. The Kier molecular flexibility index (Phi) is 5.42. The van der Waals surface area contributed by atoms with E-state index in [9.17, 15) is 0 Å². The van der Waals surface area contributed by atoms with Crippen molar-refractivity contribution < 1.29 is 4.74 Å². The van der Waals surface area contributed by atoms with E-state index in [0.29, 0.717) is 0 Å². The van der Waals surface area contributed by atoms with Crippen molar-refractivity contribution in [2.24, 2.45) is 5.92 Å². The number of rotatable bonds is 6. The summed E-state index contributed by atoms with van der Waals surface area (Å²) in [4.78, 5) is 0. The fraction of sp³-hybridized carbons (Fsp3) is 1.00. The molecule has 0 aliphatic heterocycles. The average molecular weight is 170 g/mol. The molecule has 0 unspecified atom stereocenters. The van der Waals surface area contributed by atoms with Crippen LogP contribution in [0.5, 0.6) is 0 Å². The molecule has 12 heavy (non-hydrogen) atoms. The van der Waals surface area contributed by atoms with Crippen molar-refractivity contribution in [2.75, 3.05) is 13.2 Å². The molecule has 0 atom stereocenters. The van der Waals surface area contributed by atoms with Crippen LogP contribution in [0.25, 0.3) is 0 Å². The molecule has 72 valence electrons. The second kappa shape index (κ2) is 6.47. The molecule has 0 amide bonds. The highest BCUT2D eigenvalue weighted by molar-refractivity contribution is 4.66. The van der Waals surface area contributed by atoms with Crippen molar-refractivity contribution in [1.29, 1.82) is 0 Å². The van der Waals surface area contributed by atoms with E-state index in [-0.39, 0.29) is 0 Å². The molecule has 1 aliphatic carbocycles. The molecule has 0 aromatic carbocycles. The van der Waals surface area contributed by atoms with Crippen molar-refractivity contribution >= 4 is 0 Å². The Morgan fingerprint density at radius 1 is 1.17 bits per heavy atom. The van der Waals surface area contributed by atoms with Gasteiger partial charge in [0.25, 0.3) is 0 Å². The van der Waals surface area contributed by atoms with Crippen molar-refractivity contribution in [3.63, 3.8) is 0 Å². The standard InChI is InChI=1S/C11H22O/c1-2-9-12-10-5-8-11-6-3-4-7-11/h11H,2-10H2,1H3. The monoisotopic (exact) mass is 170 g/mol. The van der Waals surface area contributed by atoms with Gasteiger partial charge in [0, 0.05) is 13.2 Å². The zero-order valence-corrected chi connectivity index (χ0v) is 8.35. The molecule has 1 nitrogen and oxygen atoms in total. The predicted octanol–water partition coefficient (Wildman–Crippen LogP) is 3.38. The van der Waals surface area contributed by atoms with Crippen LogP contribution in [-0.2, 0) is 4.74 Å². The summed E-state index contributed by atoms with van der Waals surface area (Å²) in [5.41, 5.74) is 0. The zero-order chi connectivity index (χ0) is 8.65. The summed E-state index contributed by atoms with van der Waals surface area (Å²) in [6, 6.07) is 0. The third kappa shape index (κ3) is 4.10. The smallest absolute Gasteiger partial charge is 0.0466 e. The third-order valence-corrected chi connectivity index (χ3v) is 2.72. The van der Waals surface area contributed by atoms with Crippen molar-refractivity contribution in [1.82, 2.24) is 0 Å². The first kappa shape index (κ1) is 10.0. The maximum atomic E-state index is 5.44. The molecule has 0 aromatic heterocycles. The second-order valence-electron chi connectivity index (χ2n) is 3.91. The maximum absolute atomic E-state index is 5.44. The Balaban J connectivity index is 1.81. The maximum Gasteiger partial charge on any atom is 0.0466 e. The van der Waals surface area contributed by atoms with Gasteiger partial charge in [0.15, 0.2) is 0 Å². The van der Waals surface area contributed by atoms with Crippen LogP contribution in [0.15, 0.2) is 0 Å². The van der Waals surface area contributed by atoms with Crippen LogP contribution < -0.4 is 0 Å². The van der Waals surface area contributed by atoms with Gasteiger partial charge in [0.05, 0.1) is 0 Å². The van der Waals surface area contributed by atoms with E-state index in [2.05, 4.69) is 6.92 Å². The summed E-state index contributed by atoms with van der Waals surface area (Å²) < 4.78 is 5.44. The quantitative estimate of drug-likeness (QED) is 0.555. The van der Waals surface area contributed by atoms with Gasteiger partial charge in [-0.05, 0) is 25.2 Å². The first-order chi connectivity index (χ1) is 5.93. The molecular formula is C11H22O. The molecule has 1 saturated carbocycles. The lowest BCUT2D eigenvalue weighted by molar-refractivity contribution is 0.127. The van der Waals surface area contributed by atoms with E-state index >= 15 is 0 Å². The minimum absolute atomic E-state index is 0.949. The number of ether oxygens (including phenoxy) is 1. The molecule has 1 heteroatoms. The van der Waals surface area contributed by atoms with E-state index < -0.39 is 0 Å². The minimum atomic E-state index is 0.949. The van der Waals surface area contributed by atoms with Gasteiger partial charge in [-0.2, -0.15) is 0 Å². The fourth-order valence-electron chi connectivity index (χ4n) is 2.02. The Hall–Kier alpha value is -0.0400. The average Bonchev–Trinajstić information content (AvgIpc) is 2.57. The third-order valence-electron chi connectivity index (χ3n) is 2.72. The lowest BCUT2D eigenvalue weighted by Crippen LogP contribution is -1.99. The Labute approximate surface area is 76.5 Å². The highest BCUT2D eigenvalue weighted by atomic mass is 16.5.